The van der Waals surface area contributed by atoms with Crippen LogP contribution in [0.4, 0.5) is 11.4 Å². The van der Waals surface area contributed by atoms with Crippen LogP contribution >= 0.6 is 0 Å². The maximum absolute atomic E-state index is 10.7. The third kappa shape index (κ3) is 3.22. The molecule has 0 aliphatic carbocycles. The summed E-state index contributed by atoms with van der Waals surface area (Å²) in [5.74, 6) is 0. The zero-order chi connectivity index (χ0) is 12.1. The van der Waals surface area contributed by atoms with Crippen molar-refractivity contribution in [3.63, 3.8) is 0 Å². The summed E-state index contributed by atoms with van der Waals surface area (Å²) in [5.41, 5.74) is 1.38. The molecule has 0 spiro atoms. The largest absolute Gasteiger partial charge is 0.227 e. The predicted molar refractivity (Wildman–Crippen MR) is 65.6 cm³/mol. The van der Waals surface area contributed by atoms with E-state index >= 15 is 0 Å². The number of azo groups is 1. The highest BCUT2D eigenvalue weighted by atomic mass is 32.2. The summed E-state index contributed by atoms with van der Waals surface area (Å²) in [4.78, 5) is 0.277. The van der Waals surface area contributed by atoms with Crippen molar-refractivity contribution in [2.24, 2.45) is 10.2 Å². The van der Waals surface area contributed by atoms with Crippen LogP contribution in [0.3, 0.4) is 0 Å². The van der Waals surface area contributed by atoms with E-state index in [1.54, 1.807) is 12.1 Å². The van der Waals surface area contributed by atoms with Crippen molar-refractivity contribution in [3.8, 4) is 0 Å². The summed E-state index contributed by atoms with van der Waals surface area (Å²) in [7, 11) is -2.53. The van der Waals surface area contributed by atoms with Gasteiger partial charge in [-0.2, -0.15) is 10.2 Å². The molecule has 0 bridgehead atoms. The third-order valence-electron chi connectivity index (χ3n) is 2.10. The lowest BCUT2D eigenvalue weighted by atomic mass is 10.3. The van der Waals surface area contributed by atoms with Gasteiger partial charge in [0, 0.05) is 0 Å². The molecule has 0 heterocycles. The van der Waals surface area contributed by atoms with Crippen molar-refractivity contribution in [1.82, 2.24) is 0 Å². The second-order valence-electron chi connectivity index (χ2n) is 3.31. The number of hydrogen-bond donors (Lipinski definition) is 1. The number of hydrogen-bond acceptors (Lipinski definition) is 4. The first kappa shape index (κ1) is 11.5. The van der Waals surface area contributed by atoms with E-state index in [2.05, 4.69) is 10.2 Å². The minimum Gasteiger partial charge on any atom is -0.227 e. The lowest BCUT2D eigenvalue weighted by Gasteiger charge is -1.93. The van der Waals surface area contributed by atoms with Crippen molar-refractivity contribution in [2.45, 2.75) is 4.90 Å². The van der Waals surface area contributed by atoms with E-state index in [4.69, 9.17) is 0 Å². The molecule has 4 nitrogen and oxygen atoms in total. The van der Waals surface area contributed by atoms with Gasteiger partial charge in [-0.05, 0) is 36.4 Å². The molecule has 17 heavy (non-hydrogen) atoms. The molecule has 0 atom stereocenters. The topological polar surface area (TPSA) is 58.9 Å². The summed E-state index contributed by atoms with van der Waals surface area (Å²) in [6.07, 6.45) is 0. The van der Waals surface area contributed by atoms with Crippen LogP contribution in [0.5, 0.6) is 0 Å². The molecular weight excluding hydrogens is 236 g/mol. The molecule has 0 unspecified atom stereocenters. The highest BCUT2D eigenvalue weighted by Crippen LogP contribution is 2.18. The van der Waals surface area contributed by atoms with Crippen LogP contribution in [0.1, 0.15) is 0 Å². The fourth-order valence-electron chi connectivity index (χ4n) is 1.25. The van der Waals surface area contributed by atoms with Crippen LogP contribution in [0, 0.1) is 0 Å². The standard InChI is InChI=1S/C12H10N2O2S/c15-17(16)12-8-6-11(7-9-12)14-13-10-4-2-1-3-5-10/h1-9,17H. The van der Waals surface area contributed by atoms with Gasteiger partial charge in [0.15, 0.2) is 10.7 Å². The van der Waals surface area contributed by atoms with Gasteiger partial charge in [-0.25, -0.2) is 8.42 Å². The van der Waals surface area contributed by atoms with E-state index in [-0.39, 0.29) is 4.90 Å². The summed E-state index contributed by atoms with van der Waals surface area (Å²) >= 11 is 0. The summed E-state index contributed by atoms with van der Waals surface area (Å²) < 4.78 is 21.3. The number of thiol groups is 1. The fourth-order valence-corrected chi connectivity index (χ4v) is 1.64. The Morgan fingerprint density at radius 1 is 0.706 bits per heavy atom. The Hall–Kier alpha value is -2.01. The number of rotatable bonds is 3. The SMILES string of the molecule is O=[SH](=O)c1ccc(N=Nc2ccccc2)cc1. The monoisotopic (exact) mass is 246 g/mol. The molecular formula is C12H10N2O2S. The first-order valence-electron chi connectivity index (χ1n) is 4.97. The molecule has 0 aromatic heterocycles. The Bertz CT molecular complexity index is 582. The summed E-state index contributed by atoms with van der Waals surface area (Å²) in [5, 5.41) is 8.03. The molecule has 0 fully saturated rings. The first-order chi connectivity index (χ1) is 8.25. The number of nitrogens with zero attached hydrogens (tertiary/aromatic N) is 2. The second-order valence-corrected chi connectivity index (χ2v) is 4.34. The highest BCUT2D eigenvalue weighted by Gasteiger charge is 1.94. The second kappa shape index (κ2) is 5.36. The van der Waals surface area contributed by atoms with Crippen LogP contribution < -0.4 is 0 Å². The van der Waals surface area contributed by atoms with Gasteiger partial charge in [-0.15, -0.1) is 0 Å². The Balaban J connectivity index is 2.17. The Labute approximate surface area is 101 Å². The Kier molecular flexibility index (Phi) is 3.62. The van der Waals surface area contributed by atoms with Gasteiger partial charge in [0.25, 0.3) is 0 Å². The zero-order valence-corrected chi connectivity index (χ0v) is 9.75. The van der Waals surface area contributed by atoms with Gasteiger partial charge in [0.05, 0.1) is 16.3 Å². The molecule has 0 amide bonds. The van der Waals surface area contributed by atoms with Gasteiger partial charge < -0.3 is 0 Å². The van der Waals surface area contributed by atoms with E-state index in [1.165, 1.54) is 12.1 Å². The summed E-state index contributed by atoms with van der Waals surface area (Å²) in [6, 6.07) is 15.6. The van der Waals surface area contributed by atoms with Gasteiger partial charge in [0.2, 0.25) is 0 Å². The Morgan fingerprint density at radius 3 is 1.76 bits per heavy atom. The third-order valence-corrected chi connectivity index (χ3v) is 2.82. The van der Waals surface area contributed by atoms with Crippen molar-refractivity contribution in [3.05, 3.63) is 54.6 Å². The van der Waals surface area contributed by atoms with Crippen LogP contribution in [-0.2, 0) is 10.7 Å². The average Bonchev–Trinajstić information content (AvgIpc) is 2.38. The van der Waals surface area contributed by atoms with Crippen molar-refractivity contribution in [1.29, 1.82) is 0 Å². The van der Waals surface area contributed by atoms with Gasteiger partial charge in [0.1, 0.15) is 0 Å². The van der Waals surface area contributed by atoms with Gasteiger partial charge in [-0.3, -0.25) is 0 Å². The molecule has 5 heteroatoms. The molecule has 0 aliphatic rings. The maximum atomic E-state index is 10.7. The normalized spacial score (nSPS) is 11.1. The molecule has 86 valence electrons. The lowest BCUT2D eigenvalue weighted by Crippen LogP contribution is -1.77. The molecule has 2 rings (SSSR count). The van der Waals surface area contributed by atoms with E-state index in [9.17, 15) is 8.42 Å². The van der Waals surface area contributed by atoms with E-state index in [0.717, 1.165) is 5.69 Å². The molecule has 0 aliphatic heterocycles. The van der Waals surface area contributed by atoms with Gasteiger partial charge >= 0.3 is 0 Å². The minimum absolute atomic E-state index is 0.277. The highest BCUT2D eigenvalue weighted by molar-refractivity contribution is 7.72. The first-order valence-corrected chi connectivity index (χ1v) is 6.15. The quantitative estimate of drug-likeness (QED) is 0.668. The minimum atomic E-state index is -2.53. The molecule has 0 N–H and O–H groups in total. The molecule has 0 saturated heterocycles. The van der Waals surface area contributed by atoms with Crippen molar-refractivity contribution >= 4 is 22.1 Å². The average molecular weight is 246 g/mol. The molecule has 2 aromatic carbocycles. The van der Waals surface area contributed by atoms with E-state index in [1.807, 2.05) is 30.3 Å². The maximum Gasteiger partial charge on any atom is 0.168 e. The van der Waals surface area contributed by atoms with E-state index < -0.39 is 10.7 Å². The van der Waals surface area contributed by atoms with Crippen LogP contribution in [0.25, 0.3) is 0 Å². The zero-order valence-electron chi connectivity index (χ0n) is 8.85. The van der Waals surface area contributed by atoms with Gasteiger partial charge in [-0.1, -0.05) is 18.2 Å². The van der Waals surface area contributed by atoms with Crippen LogP contribution in [0.15, 0.2) is 69.7 Å². The van der Waals surface area contributed by atoms with Crippen molar-refractivity contribution < 1.29 is 8.42 Å². The number of benzene rings is 2. The summed E-state index contributed by atoms with van der Waals surface area (Å²) in [6.45, 7) is 0. The Morgan fingerprint density at radius 2 is 1.24 bits per heavy atom. The predicted octanol–water partition coefficient (Wildman–Crippen LogP) is 3.07. The smallest absolute Gasteiger partial charge is 0.168 e. The van der Waals surface area contributed by atoms with Crippen LogP contribution in [0.2, 0.25) is 0 Å². The molecule has 0 saturated carbocycles. The fraction of sp³-hybridized carbons (Fsp3) is 0. The molecule has 0 radical (unpaired) electrons. The van der Waals surface area contributed by atoms with E-state index in [0.29, 0.717) is 5.69 Å². The molecule has 2 aromatic rings. The van der Waals surface area contributed by atoms with Crippen LogP contribution in [-0.4, -0.2) is 8.42 Å². The van der Waals surface area contributed by atoms with Crippen molar-refractivity contribution in [2.75, 3.05) is 0 Å². The lowest BCUT2D eigenvalue weighted by molar-refractivity contribution is 0.614.